The van der Waals surface area contributed by atoms with E-state index in [0.29, 0.717) is 11.1 Å². The van der Waals surface area contributed by atoms with Crippen LogP contribution in [0.15, 0.2) is 36.4 Å². The smallest absolute Gasteiger partial charge is 0.141 e. The zero-order valence-electron chi connectivity index (χ0n) is 12.6. The van der Waals surface area contributed by atoms with Crippen LogP contribution in [-0.4, -0.2) is 5.78 Å². The summed E-state index contributed by atoms with van der Waals surface area (Å²) in [7, 11) is 0. The molecule has 0 bridgehead atoms. The van der Waals surface area contributed by atoms with Crippen molar-refractivity contribution in [2.75, 3.05) is 0 Å². The Hall–Kier alpha value is -3.93. The Morgan fingerprint density at radius 1 is 0.708 bits per heavy atom. The van der Waals surface area contributed by atoms with E-state index in [4.69, 9.17) is 10.5 Å². The van der Waals surface area contributed by atoms with Gasteiger partial charge in [-0.15, -0.1) is 0 Å². The second kappa shape index (κ2) is 7.37. The van der Waals surface area contributed by atoms with Crippen molar-refractivity contribution < 1.29 is 4.79 Å². The van der Waals surface area contributed by atoms with Crippen LogP contribution in [0.25, 0.3) is 0 Å². The van der Waals surface area contributed by atoms with Crippen LogP contribution in [-0.2, 0) is 17.6 Å². The van der Waals surface area contributed by atoms with Crippen molar-refractivity contribution >= 4 is 5.78 Å². The van der Waals surface area contributed by atoms with Gasteiger partial charge >= 0.3 is 0 Å². The molecule has 2 aromatic rings. The lowest BCUT2D eigenvalue weighted by Gasteiger charge is -2.07. The van der Waals surface area contributed by atoms with Gasteiger partial charge in [-0.3, -0.25) is 4.79 Å². The topological polar surface area (TPSA) is 112 Å². The Morgan fingerprint density at radius 3 is 1.46 bits per heavy atom. The number of carbonyl (C=O) groups is 1. The van der Waals surface area contributed by atoms with E-state index in [0.717, 1.165) is 0 Å². The number of hydrogen-bond acceptors (Lipinski definition) is 5. The molecule has 112 valence electrons. The molecule has 0 heterocycles. The molecular weight excluding hydrogens is 300 g/mol. The Balaban J connectivity index is 2.29. The molecule has 0 aliphatic heterocycles. The zero-order chi connectivity index (χ0) is 17.5. The van der Waals surface area contributed by atoms with Crippen molar-refractivity contribution in [3.8, 4) is 24.3 Å². The molecule has 0 radical (unpaired) electrons. The number of carbonyl (C=O) groups excluding carboxylic acids is 1. The predicted molar refractivity (Wildman–Crippen MR) is 84.2 cm³/mol. The van der Waals surface area contributed by atoms with E-state index in [1.807, 2.05) is 24.3 Å². The van der Waals surface area contributed by atoms with Gasteiger partial charge < -0.3 is 0 Å². The highest BCUT2D eigenvalue weighted by Gasteiger charge is 2.15. The lowest BCUT2D eigenvalue weighted by atomic mass is 9.94. The molecular formula is C19H10N4O. The van der Waals surface area contributed by atoms with Crippen LogP contribution in [0.2, 0.25) is 0 Å². The van der Waals surface area contributed by atoms with Crippen LogP contribution >= 0.6 is 0 Å². The van der Waals surface area contributed by atoms with E-state index in [1.165, 1.54) is 12.1 Å². The maximum Gasteiger partial charge on any atom is 0.141 e. The first-order chi connectivity index (χ1) is 11.6. The quantitative estimate of drug-likeness (QED) is 0.861. The molecule has 0 aliphatic rings. The van der Waals surface area contributed by atoms with E-state index in [-0.39, 0.29) is 40.9 Å². The number of ketones is 1. The van der Waals surface area contributed by atoms with Gasteiger partial charge in [0.2, 0.25) is 0 Å². The van der Waals surface area contributed by atoms with E-state index in [1.54, 1.807) is 24.3 Å². The number of benzene rings is 2. The SMILES string of the molecule is N#Cc1cccc(CC(=O)Cc2cccc(C#N)c2C#N)c1C#N. The average Bonchev–Trinajstić information content (AvgIpc) is 2.60. The molecule has 0 aliphatic carbocycles. The van der Waals surface area contributed by atoms with Crippen LogP contribution in [0.3, 0.4) is 0 Å². The molecule has 5 heteroatoms. The summed E-state index contributed by atoms with van der Waals surface area (Å²) in [5, 5.41) is 36.4. The third-order valence-electron chi connectivity index (χ3n) is 3.54. The summed E-state index contributed by atoms with van der Waals surface area (Å²) < 4.78 is 0. The maximum absolute atomic E-state index is 12.3. The standard InChI is InChI=1S/C19H10N4O/c20-9-15-5-1-3-13(18(15)11-22)7-17(24)8-14-4-2-6-16(10-21)19(14)12-23/h1-6H,7-8H2. The van der Waals surface area contributed by atoms with Gasteiger partial charge in [0.05, 0.1) is 22.3 Å². The highest BCUT2D eigenvalue weighted by Crippen LogP contribution is 2.17. The molecule has 0 atom stereocenters. The van der Waals surface area contributed by atoms with Gasteiger partial charge in [-0.05, 0) is 23.3 Å². The lowest BCUT2D eigenvalue weighted by Crippen LogP contribution is -2.10. The number of Topliss-reactive ketones (excluding diaryl/α,β-unsaturated/α-hetero) is 1. The zero-order valence-corrected chi connectivity index (χ0v) is 12.6. The van der Waals surface area contributed by atoms with Crippen molar-refractivity contribution in [3.05, 3.63) is 69.8 Å². The van der Waals surface area contributed by atoms with Gasteiger partial charge in [0.25, 0.3) is 0 Å². The Bertz CT molecular complexity index is 899. The molecule has 0 saturated heterocycles. The van der Waals surface area contributed by atoms with Gasteiger partial charge in [0.1, 0.15) is 30.1 Å². The normalized spacial score (nSPS) is 9.17. The monoisotopic (exact) mass is 310 g/mol. The molecule has 0 saturated carbocycles. The van der Waals surface area contributed by atoms with Crippen molar-refractivity contribution in [1.29, 1.82) is 21.0 Å². The van der Waals surface area contributed by atoms with Gasteiger partial charge in [0, 0.05) is 12.8 Å². The summed E-state index contributed by atoms with van der Waals surface area (Å²) >= 11 is 0. The van der Waals surface area contributed by atoms with Crippen molar-refractivity contribution in [1.82, 2.24) is 0 Å². The Kier molecular flexibility index (Phi) is 5.05. The first-order valence-electron chi connectivity index (χ1n) is 7.00. The fourth-order valence-corrected chi connectivity index (χ4v) is 2.43. The van der Waals surface area contributed by atoms with Crippen LogP contribution in [0, 0.1) is 45.3 Å². The highest BCUT2D eigenvalue weighted by atomic mass is 16.1. The molecule has 0 amide bonds. The van der Waals surface area contributed by atoms with Gasteiger partial charge in [-0.1, -0.05) is 24.3 Å². The first kappa shape index (κ1) is 16.4. The molecule has 0 unspecified atom stereocenters. The van der Waals surface area contributed by atoms with Gasteiger partial charge in [-0.2, -0.15) is 21.0 Å². The van der Waals surface area contributed by atoms with E-state index in [2.05, 4.69) is 0 Å². The summed E-state index contributed by atoms with van der Waals surface area (Å²) in [6.45, 7) is 0. The average molecular weight is 310 g/mol. The molecule has 0 N–H and O–H groups in total. The fourth-order valence-electron chi connectivity index (χ4n) is 2.43. The second-order valence-electron chi connectivity index (χ2n) is 5.02. The van der Waals surface area contributed by atoms with Crippen LogP contribution in [0.5, 0.6) is 0 Å². The van der Waals surface area contributed by atoms with Gasteiger partial charge in [0.15, 0.2) is 0 Å². The van der Waals surface area contributed by atoms with Crippen molar-refractivity contribution in [3.63, 3.8) is 0 Å². The third-order valence-corrected chi connectivity index (χ3v) is 3.54. The van der Waals surface area contributed by atoms with Crippen LogP contribution < -0.4 is 0 Å². The number of nitriles is 4. The summed E-state index contributed by atoms with van der Waals surface area (Å²) in [4.78, 5) is 12.3. The van der Waals surface area contributed by atoms with Crippen molar-refractivity contribution in [2.24, 2.45) is 0 Å². The predicted octanol–water partition coefficient (Wildman–Crippen LogP) is 2.53. The largest absolute Gasteiger partial charge is 0.299 e. The van der Waals surface area contributed by atoms with E-state index in [9.17, 15) is 15.3 Å². The van der Waals surface area contributed by atoms with Crippen LogP contribution in [0.1, 0.15) is 33.4 Å². The maximum atomic E-state index is 12.3. The Morgan fingerprint density at radius 2 is 1.12 bits per heavy atom. The second-order valence-corrected chi connectivity index (χ2v) is 5.02. The molecule has 5 nitrogen and oxygen atoms in total. The summed E-state index contributed by atoms with van der Waals surface area (Å²) in [5.74, 6) is -0.201. The number of hydrogen-bond donors (Lipinski definition) is 0. The molecule has 0 spiro atoms. The van der Waals surface area contributed by atoms with E-state index < -0.39 is 0 Å². The molecule has 24 heavy (non-hydrogen) atoms. The third kappa shape index (κ3) is 3.28. The summed E-state index contributed by atoms with van der Waals surface area (Å²) in [5.41, 5.74) is 1.81. The van der Waals surface area contributed by atoms with Crippen LogP contribution in [0.4, 0.5) is 0 Å². The van der Waals surface area contributed by atoms with E-state index >= 15 is 0 Å². The minimum Gasteiger partial charge on any atom is -0.299 e. The minimum absolute atomic E-state index is 0.0138. The Labute approximate surface area is 139 Å². The summed E-state index contributed by atoms with van der Waals surface area (Å²) in [6, 6.07) is 17.3. The lowest BCUT2D eigenvalue weighted by molar-refractivity contribution is -0.117. The van der Waals surface area contributed by atoms with Crippen molar-refractivity contribution in [2.45, 2.75) is 12.8 Å². The summed E-state index contributed by atoms with van der Waals surface area (Å²) in [6.07, 6.45) is -0.0277. The molecule has 2 rings (SSSR count). The number of rotatable bonds is 4. The van der Waals surface area contributed by atoms with Gasteiger partial charge in [-0.25, -0.2) is 0 Å². The first-order valence-corrected chi connectivity index (χ1v) is 7.00. The molecule has 2 aromatic carbocycles. The minimum atomic E-state index is -0.201. The molecule has 0 fully saturated rings. The fraction of sp³-hybridized carbons (Fsp3) is 0.105. The highest BCUT2D eigenvalue weighted by molar-refractivity contribution is 5.84. The molecule has 0 aromatic heterocycles. The number of nitrogens with zero attached hydrogens (tertiary/aromatic N) is 4.